The lowest BCUT2D eigenvalue weighted by molar-refractivity contribution is -0.148. The van der Waals surface area contributed by atoms with Crippen LogP contribution in [0.25, 0.3) is 0 Å². The summed E-state index contributed by atoms with van der Waals surface area (Å²) in [7, 11) is 4.39. The highest BCUT2D eigenvalue weighted by Crippen LogP contribution is 2.41. The van der Waals surface area contributed by atoms with Crippen LogP contribution in [0.3, 0.4) is 0 Å². The molecule has 1 aromatic heterocycles. The molecule has 0 saturated heterocycles. The van der Waals surface area contributed by atoms with Crippen molar-refractivity contribution in [2.24, 2.45) is 0 Å². The molecule has 3 rings (SSSR count). The summed E-state index contributed by atoms with van der Waals surface area (Å²) in [6, 6.07) is 11.7. The van der Waals surface area contributed by atoms with Gasteiger partial charge in [0.25, 0.3) is 5.91 Å². The van der Waals surface area contributed by atoms with Crippen LogP contribution < -0.4 is 24.3 Å². The van der Waals surface area contributed by atoms with Gasteiger partial charge in [0, 0.05) is 40.4 Å². The van der Waals surface area contributed by atoms with Gasteiger partial charge in [-0.05, 0) is 31.2 Å². The molecule has 1 N–H and O–H groups in total. The zero-order chi connectivity index (χ0) is 30.8. The number of halogens is 2. The van der Waals surface area contributed by atoms with Crippen LogP contribution in [0.5, 0.6) is 23.0 Å². The highest BCUT2D eigenvalue weighted by atomic mass is 35.5. The number of rotatable bonds is 13. The molecule has 1 heterocycles. The second-order valence-electron chi connectivity index (χ2n) is 8.72. The molecule has 1 atom stereocenters. The van der Waals surface area contributed by atoms with Crippen LogP contribution in [0.1, 0.15) is 41.4 Å². The number of nitrogens with one attached hydrogen (secondary N) is 1. The zero-order valence-corrected chi connectivity index (χ0v) is 25.1. The Morgan fingerprint density at radius 2 is 1.45 bits per heavy atom. The molecule has 0 aliphatic carbocycles. The molecule has 2 aromatic carbocycles. The van der Waals surface area contributed by atoms with E-state index in [0.717, 1.165) is 0 Å². The summed E-state index contributed by atoms with van der Waals surface area (Å²) in [5.41, 5.74) is 1.18. The number of hydrogen-bond donors (Lipinski definition) is 1. The Morgan fingerprint density at radius 3 is 1.98 bits per heavy atom. The Labute approximate surface area is 252 Å². The molecule has 0 bridgehead atoms. The van der Waals surface area contributed by atoms with E-state index >= 15 is 0 Å². The lowest BCUT2D eigenvalue weighted by Crippen LogP contribution is -2.34. The van der Waals surface area contributed by atoms with Crippen LogP contribution in [0.2, 0.25) is 10.0 Å². The summed E-state index contributed by atoms with van der Waals surface area (Å²) in [6.45, 7) is 1.95. The summed E-state index contributed by atoms with van der Waals surface area (Å²) >= 11 is 12.4. The Kier molecular flexibility index (Phi) is 11.6. The monoisotopic (exact) mass is 620 g/mol. The number of nitrogens with zero attached hydrogens (tertiary/aromatic N) is 1. The highest BCUT2D eigenvalue weighted by Gasteiger charge is 2.30. The van der Waals surface area contributed by atoms with Crippen LogP contribution in [0.4, 0.5) is 0 Å². The van der Waals surface area contributed by atoms with E-state index in [9.17, 15) is 14.4 Å². The fourth-order valence-electron chi connectivity index (χ4n) is 4.17. The van der Waals surface area contributed by atoms with Gasteiger partial charge >= 0.3 is 11.9 Å². The smallest absolute Gasteiger partial charge is 0.325 e. The second-order valence-corrected chi connectivity index (χ2v) is 9.59. The molecule has 0 saturated carbocycles. The van der Waals surface area contributed by atoms with Gasteiger partial charge in [0.2, 0.25) is 6.79 Å². The molecule has 3 aromatic rings. The molecule has 13 heteroatoms. The van der Waals surface area contributed by atoms with Gasteiger partial charge in [-0.3, -0.25) is 14.4 Å². The number of hydrogen-bond acceptors (Lipinski definition) is 10. The van der Waals surface area contributed by atoms with Crippen molar-refractivity contribution in [2.45, 2.75) is 25.9 Å². The van der Waals surface area contributed by atoms with Crippen LogP contribution in [-0.4, -0.2) is 63.6 Å². The van der Waals surface area contributed by atoms with Crippen molar-refractivity contribution in [3.8, 4) is 23.0 Å². The number of pyridine rings is 1. The van der Waals surface area contributed by atoms with Crippen LogP contribution >= 0.6 is 23.2 Å². The summed E-state index contributed by atoms with van der Waals surface area (Å²) in [5, 5.41) is 3.40. The number of carbonyl (C=O) groups is 3. The van der Waals surface area contributed by atoms with Crippen LogP contribution in [-0.2, 0) is 19.1 Å². The third-order valence-electron chi connectivity index (χ3n) is 6.01. The van der Waals surface area contributed by atoms with E-state index in [0.29, 0.717) is 32.7 Å². The molecule has 0 spiro atoms. The number of benzene rings is 2. The average molecular weight is 621 g/mol. The summed E-state index contributed by atoms with van der Waals surface area (Å²) in [4.78, 5) is 41.0. The van der Waals surface area contributed by atoms with Crippen LogP contribution in [0, 0.1) is 0 Å². The first kappa shape index (κ1) is 32.3. The molecule has 11 nitrogen and oxygen atoms in total. The maximum absolute atomic E-state index is 13.0. The number of esters is 2. The lowest BCUT2D eigenvalue weighted by Gasteiger charge is -2.28. The Balaban J connectivity index is 1.82. The third kappa shape index (κ3) is 8.17. The summed E-state index contributed by atoms with van der Waals surface area (Å²) < 4.78 is 32.3. The normalized spacial score (nSPS) is 11.3. The Hall–Kier alpha value is -4.22. The van der Waals surface area contributed by atoms with E-state index < -0.39 is 43.2 Å². The molecule has 0 aliphatic rings. The number of methoxy groups -OCH3 is 3. The van der Waals surface area contributed by atoms with Gasteiger partial charge in [0.05, 0.1) is 27.2 Å². The first-order valence-electron chi connectivity index (χ1n) is 12.5. The molecule has 0 radical (unpaired) electrons. The zero-order valence-electron chi connectivity index (χ0n) is 23.6. The van der Waals surface area contributed by atoms with E-state index in [2.05, 4.69) is 10.3 Å². The van der Waals surface area contributed by atoms with Crippen molar-refractivity contribution in [1.29, 1.82) is 0 Å². The molecular weight excluding hydrogens is 591 g/mol. The fraction of sp³-hybridized carbons (Fsp3) is 0.310. The van der Waals surface area contributed by atoms with Gasteiger partial charge in [0.15, 0.2) is 17.2 Å². The predicted molar refractivity (Wildman–Crippen MR) is 154 cm³/mol. The standard InChI is InChI=1S/C29H30Cl2N2O9/c1-16(26(20-8-6-18(30)12-23(20)38-4)21-9-7-19(31)13-24(21)39-5)42-25(35)14-33-29(36)27-28(41-15-40-17(2)34)22(37-3)10-11-32-27/h6-13,16,26H,14-15H2,1-5H3,(H,33,36). The Bertz CT molecular complexity index is 1380. The largest absolute Gasteiger partial charge is 0.496 e. The second kappa shape index (κ2) is 15.1. The third-order valence-corrected chi connectivity index (χ3v) is 6.48. The van der Waals surface area contributed by atoms with Crippen LogP contribution in [0.15, 0.2) is 48.7 Å². The Morgan fingerprint density at radius 1 is 0.881 bits per heavy atom. The molecule has 0 fully saturated rings. The maximum atomic E-state index is 13.0. The quantitative estimate of drug-likeness (QED) is 0.210. The van der Waals surface area contributed by atoms with Crippen molar-refractivity contribution in [3.05, 3.63) is 75.5 Å². The summed E-state index contributed by atoms with van der Waals surface area (Å²) in [5.74, 6) is -1.55. The van der Waals surface area contributed by atoms with E-state index in [1.807, 2.05) is 0 Å². The number of carbonyl (C=O) groups excluding carboxylic acids is 3. The lowest BCUT2D eigenvalue weighted by atomic mass is 9.86. The average Bonchev–Trinajstić information content (AvgIpc) is 2.97. The van der Waals surface area contributed by atoms with E-state index in [-0.39, 0.29) is 17.2 Å². The van der Waals surface area contributed by atoms with Crippen molar-refractivity contribution >= 4 is 41.0 Å². The molecule has 0 aliphatic heterocycles. The predicted octanol–water partition coefficient (Wildman–Crippen LogP) is 4.81. The number of aromatic nitrogens is 1. The topological polar surface area (TPSA) is 132 Å². The van der Waals surface area contributed by atoms with Gasteiger partial charge in [-0.1, -0.05) is 35.3 Å². The molecular formula is C29H30Cl2N2O9. The number of ether oxygens (including phenoxy) is 6. The van der Waals surface area contributed by atoms with Gasteiger partial charge in [-0.2, -0.15) is 0 Å². The first-order chi connectivity index (χ1) is 20.1. The molecule has 1 unspecified atom stereocenters. The SMILES string of the molecule is COc1cc(Cl)ccc1C(c1ccc(Cl)cc1OC)C(C)OC(=O)CNC(=O)c1nccc(OC)c1OCOC(C)=O. The maximum Gasteiger partial charge on any atom is 0.325 e. The summed E-state index contributed by atoms with van der Waals surface area (Å²) in [6.07, 6.45) is 0.563. The highest BCUT2D eigenvalue weighted by molar-refractivity contribution is 6.31. The van der Waals surface area contributed by atoms with Crippen molar-refractivity contribution in [1.82, 2.24) is 10.3 Å². The minimum Gasteiger partial charge on any atom is -0.496 e. The molecule has 224 valence electrons. The van der Waals surface area contributed by atoms with E-state index in [1.165, 1.54) is 40.5 Å². The minimum absolute atomic E-state index is 0.0646. The number of amides is 1. The van der Waals surface area contributed by atoms with Gasteiger partial charge < -0.3 is 33.7 Å². The molecule has 42 heavy (non-hydrogen) atoms. The van der Waals surface area contributed by atoms with Crippen molar-refractivity contribution < 1.29 is 42.8 Å². The minimum atomic E-state index is -0.767. The van der Waals surface area contributed by atoms with Crippen molar-refractivity contribution in [2.75, 3.05) is 34.7 Å². The van der Waals surface area contributed by atoms with E-state index in [4.69, 9.17) is 51.6 Å². The van der Waals surface area contributed by atoms with E-state index in [1.54, 1.807) is 43.3 Å². The van der Waals surface area contributed by atoms with Gasteiger partial charge in [-0.25, -0.2) is 4.98 Å². The van der Waals surface area contributed by atoms with Gasteiger partial charge in [-0.15, -0.1) is 0 Å². The fourth-order valence-corrected chi connectivity index (χ4v) is 4.50. The molecule has 1 amide bonds. The first-order valence-corrected chi connectivity index (χ1v) is 13.3. The van der Waals surface area contributed by atoms with Gasteiger partial charge in [0.1, 0.15) is 24.1 Å². The van der Waals surface area contributed by atoms with Crippen molar-refractivity contribution in [3.63, 3.8) is 0 Å².